The van der Waals surface area contributed by atoms with Gasteiger partial charge < -0.3 is 10.0 Å². The van der Waals surface area contributed by atoms with Crippen LogP contribution in [0.4, 0.5) is 5.95 Å². The van der Waals surface area contributed by atoms with E-state index < -0.39 is 0 Å². The molecular formula is C7H11N3O2. The predicted octanol–water partition coefficient (Wildman–Crippen LogP) is -0.672. The second kappa shape index (κ2) is 3.36. The zero-order valence-electron chi connectivity index (χ0n) is 7.03. The molecule has 0 fully saturated rings. The third kappa shape index (κ3) is 1.62. The molecule has 0 amide bonds. The van der Waals surface area contributed by atoms with Gasteiger partial charge >= 0.3 is 0 Å². The van der Waals surface area contributed by atoms with E-state index in [9.17, 15) is 4.79 Å². The van der Waals surface area contributed by atoms with Gasteiger partial charge in [-0.3, -0.25) is 9.78 Å². The number of rotatable bonds is 2. The average Bonchev–Trinajstić information content (AvgIpc) is 2.04. The lowest BCUT2D eigenvalue weighted by molar-refractivity contribution is 0.279. The van der Waals surface area contributed by atoms with Gasteiger partial charge in [-0.05, 0) is 0 Å². The summed E-state index contributed by atoms with van der Waals surface area (Å²) in [6.07, 6.45) is 1.37. The number of H-pyrrole nitrogens is 1. The molecule has 0 unspecified atom stereocenters. The molecule has 1 aromatic rings. The topological polar surface area (TPSA) is 69.2 Å². The van der Waals surface area contributed by atoms with Crippen LogP contribution >= 0.6 is 0 Å². The minimum atomic E-state index is -0.295. The highest BCUT2D eigenvalue weighted by atomic mass is 16.3. The van der Waals surface area contributed by atoms with Crippen LogP contribution in [-0.2, 0) is 6.61 Å². The van der Waals surface area contributed by atoms with Crippen molar-refractivity contribution in [2.45, 2.75) is 6.61 Å². The Bertz CT molecular complexity index is 319. The lowest BCUT2D eigenvalue weighted by atomic mass is 10.4. The molecule has 0 saturated carbocycles. The van der Waals surface area contributed by atoms with Crippen molar-refractivity contribution in [2.75, 3.05) is 19.0 Å². The number of aliphatic hydroxyl groups is 1. The van der Waals surface area contributed by atoms with Crippen molar-refractivity contribution >= 4 is 5.95 Å². The van der Waals surface area contributed by atoms with Crippen LogP contribution in [-0.4, -0.2) is 29.2 Å². The van der Waals surface area contributed by atoms with E-state index in [0.717, 1.165) is 0 Å². The maximum Gasteiger partial charge on any atom is 0.257 e. The average molecular weight is 169 g/mol. The Morgan fingerprint density at radius 3 is 2.75 bits per heavy atom. The van der Waals surface area contributed by atoms with Gasteiger partial charge in [-0.2, -0.15) is 0 Å². The molecule has 0 atom stereocenters. The Kier molecular flexibility index (Phi) is 2.44. The summed E-state index contributed by atoms with van der Waals surface area (Å²) in [5.41, 5.74) is -0.0169. The molecule has 1 aromatic heterocycles. The SMILES string of the molecule is CN(C)c1ncc(CO)c(=O)[nH]1. The summed E-state index contributed by atoms with van der Waals surface area (Å²) in [5, 5.41) is 8.67. The molecule has 66 valence electrons. The highest BCUT2D eigenvalue weighted by molar-refractivity contribution is 5.26. The first-order valence-electron chi connectivity index (χ1n) is 3.51. The fraction of sp³-hybridized carbons (Fsp3) is 0.429. The second-order valence-electron chi connectivity index (χ2n) is 2.61. The number of hydrogen-bond acceptors (Lipinski definition) is 4. The molecular weight excluding hydrogens is 158 g/mol. The van der Waals surface area contributed by atoms with Crippen LogP contribution in [0, 0.1) is 0 Å². The number of nitrogens with one attached hydrogen (secondary N) is 1. The number of aromatic amines is 1. The summed E-state index contributed by atoms with van der Waals surface area (Å²) in [6.45, 7) is -0.282. The van der Waals surface area contributed by atoms with Gasteiger partial charge in [-0.25, -0.2) is 4.98 Å². The van der Waals surface area contributed by atoms with Crippen LogP contribution in [0.5, 0.6) is 0 Å². The van der Waals surface area contributed by atoms with Crippen molar-refractivity contribution in [1.82, 2.24) is 9.97 Å². The van der Waals surface area contributed by atoms with E-state index >= 15 is 0 Å². The molecule has 0 aromatic carbocycles. The summed E-state index contributed by atoms with van der Waals surface area (Å²) in [5.74, 6) is 0.484. The van der Waals surface area contributed by atoms with Crippen molar-refractivity contribution in [1.29, 1.82) is 0 Å². The molecule has 0 radical (unpaired) electrons. The molecule has 12 heavy (non-hydrogen) atoms. The summed E-state index contributed by atoms with van der Waals surface area (Å²) in [7, 11) is 3.55. The van der Waals surface area contributed by atoms with Gasteiger partial charge in [0.05, 0.1) is 12.2 Å². The van der Waals surface area contributed by atoms with Gasteiger partial charge in [0.25, 0.3) is 5.56 Å². The third-order valence-electron chi connectivity index (χ3n) is 1.45. The van der Waals surface area contributed by atoms with E-state index in [1.807, 2.05) is 0 Å². The molecule has 5 heteroatoms. The van der Waals surface area contributed by atoms with E-state index in [2.05, 4.69) is 9.97 Å². The van der Waals surface area contributed by atoms with Gasteiger partial charge in [0.2, 0.25) is 5.95 Å². The molecule has 0 aliphatic heterocycles. The van der Waals surface area contributed by atoms with Gasteiger partial charge in [0.15, 0.2) is 0 Å². The molecule has 5 nitrogen and oxygen atoms in total. The molecule has 1 rings (SSSR count). The van der Waals surface area contributed by atoms with Crippen molar-refractivity contribution in [2.24, 2.45) is 0 Å². The monoisotopic (exact) mass is 169 g/mol. The van der Waals surface area contributed by atoms with Crippen LogP contribution in [0.1, 0.15) is 5.56 Å². The van der Waals surface area contributed by atoms with Crippen LogP contribution in [0.15, 0.2) is 11.0 Å². The number of nitrogens with zero attached hydrogens (tertiary/aromatic N) is 2. The fourth-order valence-electron chi connectivity index (χ4n) is 0.752. The van der Waals surface area contributed by atoms with Crippen LogP contribution in [0.3, 0.4) is 0 Å². The fourth-order valence-corrected chi connectivity index (χ4v) is 0.752. The van der Waals surface area contributed by atoms with E-state index in [-0.39, 0.29) is 17.7 Å². The minimum absolute atomic E-state index is 0.278. The quantitative estimate of drug-likeness (QED) is 0.616. The Morgan fingerprint density at radius 2 is 2.33 bits per heavy atom. The van der Waals surface area contributed by atoms with Crippen LogP contribution < -0.4 is 10.5 Å². The van der Waals surface area contributed by atoms with Crippen molar-refractivity contribution in [3.8, 4) is 0 Å². The zero-order chi connectivity index (χ0) is 9.14. The van der Waals surface area contributed by atoms with Gasteiger partial charge in [0, 0.05) is 20.3 Å². The predicted molar refractivity (Wildman–Crippen MR) is 45.1 cm³/mol. The Morgan fingerprint density at radius 1 is 1.67 bits per heavy atom. The van der Waals surface area contributed by atoms with Crippen LogP contribution in [0.25, 0.3) is 0 Å². The molecule has 0 aliphatic rings. The zero-order valence-corrected chi connectivity index (χ0v) is 7.03. The minimum Gasteiger partial charge on any atom is -0.391 e. The molecule has 2 N–H and O–H groups in total. The summed E-state index contributed by atoms with van der Waals surface area (Å²) in [4.78, 5) is 19.2. The molecule has 0 spiro atoms. The highest BCUT2D eigenvalue weighted by Crippen LogP contribution is 1.97. The van der Waals surface area contributed by atoms with E-state index in [4.69, 9.17) is 5.11 Å². The first-order chi connectivity index (χ1) is 5.65. The van der Waals surface area contributed by atoms with E-state index in [1.165, 1.54) is 6.20 Å². The first kappa shape index (κ1) is 8.73. The maximum atomic E-state index is 11.1. The van der Waals surface area contributed by atoms with Crippen molar-refractivity contribution < 1.29 is 5.11 Å². The van der Waals surface area contributed by atoms with Crippen molar-refractivity contribution in [3.63, 3.8) is 0 Å². The van der Waals surface area contributed by atoms with Gasteiger partial charge in [0.1, 0.15) is 0 Å². The summed E-state index contributed by atoms with van der Waals surface area (Å²) >= 11 is 0. The maximum absolute atomic E-state index is 11.1. The normalized spacial score (nSPS) is 9.92. The Labute approximate surface area is 69.7 Å². The van der Waals surface area contributed by atoms with Crippen molar-refractivity contribution in [3.05, 3.63) is 22.1 Å². The first-order valence-corrected chi connectivity index (χ1v) is 3.51. The molecule has 0 bridgehead atoms. The third-order valence-corrected chi connectivity index (χ3v) is 1.45. The van der Waals surface area contributed by atoms with E-state index in [1.54, 1.807) is 19.0 Å². The number of hydrogen-bond donors (Lipinski definition) is 2. The summed E-state index contributed by atoms with van der Waals surface area (Å²) < 4.78 is 0. The largest absolute Gasteiger partial charge is 0.391 e. The smallest absolute Gasteiger partial charge is 0.257 e. The van der Waals surface area contributed by atoms with Crippen LogP contribution in [0.2, 0.25) is 0 Å². The number of aromatic nitrogens is 2. The van der Waals surface area contributed by atoms with E-state index in [0.29, 0.717) is 5.95 Å². The number of aliphatic hydroxyl groups excluding tert-OH is 1. The Hall–Kier alpha value is -1.36. The Balaban J connectivity index is 3.11. The molecule has 0 saturated heterocycles. The summed E-state index contributed by atoms with van der Waals surface area (Å²) in [6, 6.07) is 0. The van der Waals surface area contributed by atoms with Gasteiger partial charge in [-0.1, -0.05) is 0 Å². The standard InChI is InChI=1S/C7H11N3O2/c1-10(2)7-8-3-5(4-11)6(12)9-7/h3,11H,4H2,1-2H3,(H,8,9,12). The van der Waals surface area contributed by atoms with Gasteiger partial charge in [-0.15, -0.1) is 0 Å². The second-order valence-corrected chi connectivity index (χ2v) is 2.61. The highest BCUT2D eigenvalue weighted by Gasteiger charge is 2.01. The number of anilines is 1. The molecule has 1 heterocycles. The lowest BCUT2D eigenvalue weighted by Crippen LogP contribution is -2.20. The lowest BCUT2D eigenvalue weighted by Gasteiger charge is -2.09. The molecule has 0 aliphatic carbocycles.